The smallest absolute Gasteiger partial charge is 0.112 e. The zero-order chi connectivity index (χ0) is 13.7. The van der Waals surface area contributed by atoms with Gasteiger partial charge in [0.05, 0.1) is 5.54 Å². The third-order valence-electron chi connectivity index (χ3n) is 3.11. The Morgan fingerprint density at radius 1 is 1.32 bits per heavy atom. The van der Waals surface area contributed by atoms with Crippen LogP contribution in [0.5, 0.6) is 0 Å². The lowest BCUT2D eigenvalue weighted by Gasteiger charge is -2.26. The molecular weight excluding hydrogens is 254 g/mol. The summed E-state index contributed by atoms with van der Waals surface area (Å²) >= 11 is 1.67. The van der Waals surface area contributed by atoms with Crippen LogP contribution in [0.4, 0.5) is 0 Å². The standard InChI is InChI=1S/C15H21N3S/c1-15(2,14-17-8-9-19-14)18-11-13(16)10-12-6-4-3-5-7-12/h3-9,13,18H,10-11,16H2,1-2H3. The molecule has 1 aromatic carbocycles. The molecule has 1 atom stereocenters. The van der Waals surface area contributed by atoms with Crippen molar-refractivity contribution in [2.24, 2.45) is 5.73 Å². The number of rotatable bonds is 6. The van der Waals surface area contributed by atoms with Crippen LogP contribution >= 0.6 is 11.3 Å². The SMILES string of the molecule is CC(C)(NCC(N)Cc1ccccc1)c1nccs1. The minimum absolute atomic E-state index is 0.113. The van der Waals surface area contributed by atoms with Crippen LogP contribution in [0.3, 0.4) is 0 Å². The molecule has 1 unspecified atom stereocenters. The summed E-state index contributed by atoms with van der Waals surface area (Å²) in [5.41, 5.74) is 7.35. The third-order valence-corrected chi connectivity index (χ3v) is 4.21. The first-order valence-electron chi connectivity index (χ1n) is 6.52. The Balaban J connectivity index is 1.85. The van der Waals surface area contributed by atoms with Crippen LogP contribution in [0.15, 0.2) is 41.9 Å². The largest absolute Gasteiger partial charge is 0.326 e. The van der Waals surface area contributed by atoms with Gasteiger partial charge in [-0.2, -0.15) is 0 Å². The Kier molecular flexibility index (Phi) is 4.69. The van der Waals surface area contributed by atoms with Crippen LogP contribution in [0.25, 0.3) is 0 Å². The summed E-state index contributed by atoms with van der Waals surface area (Å²) in [6.07, 6.45) is 2.73. The van der Waals surface area contributed by atoms with E-state index in [1.54, 1.807) is 11.3 Å². The van der Waals surface area contributed by atoms with Gasteiger partial charge < -0.3 is 11.1 Å². The third kappa shape index (κ3) is 4.13. The molecule has 0 aliphatic heterocycles. The Morgan fingerprint density at radius 2 is 2.05 bits per heavy atom. The average molecular weight is 275 g/mol. The first-order valence-corrected chi connectivity index (χ1v) is 7.40. The number of thiazole rings is 1. The predicted molar refractivity (Wildman–Crippen MR) is 81.3 cm³/mol. The van der Waals surface area contributed by atoms with E-state index in [2.05, 4.69) is 48.4 Å². The lowest BCUT2D eigenvalue weighted by Crippen LogP contribution is -2.44. The second-order valence-corrected chi connectivity index (χ2v) is 6.19. The Bertz CT molecular complexity index is 479. The van der Waals surface area contributed by atoms with E-state index in [0.29, 0.717) is 0 Å². The van der Waals surface area contributed by atoms with Crippen molar-refractivity contribution in [3.63, 3.8) is 0 Å². The van der Waals surface area contributed by atoms with Gasteiger partial charge in [0.25, 0.3) is 0 Å². The first-order chi connectivity index (χ1) is 9.08. The van der Waals surface area contributed by atoms with Gasteiger partial charge in [0, 0.05) is 24.2 Å². The van der Waals surface area contributed by atoms with Crippen molar-refractivity contribution in [1.29, 1.82) is 0 Å². The van der Waals surface area contributed by atoms with E-state index < -0.39 is 0 Å². The van der Waals surface area contributed by atoms with E-state index >= 15 is 0 Å². The van der Waals surface area contributed by atoms with Crippen molar-refractivity contribution in [3.05, 3.63) is 52.5 Å². The van der Waals surface area contributed by atoms with Gasteiger partial charge in [0.2, 0.25) is 0 Å². The van der Waals surface area contributed by atoms with Gasteiger partial charge in [-0.05, 0) is 25.8 Å². The van der Waals surface area contributed by atoms with Crippen LogP contribution < -0.4 is 11.1 Å². The van der Waals surface area contributed by atoms with Crippen molar-refractivity contribution >= 4 is 11.3 Å². The van der Waals surface area contributed by atoms with Gasteiger partial charge in [-0.15, -0.1) is 11.3 Å². The Morgan fingerprint density at radius 3 is 2.68 bits per heavy atom. The molecule has 0 spiro atoms. The zero-order valence-corrected chi connectivity index (χ0v) is 12.3. The van der Waals surface area contributed by atoms with Crippen LogP contribution in [0, 0.1) is 0 Å². The van der Waals surface area contributed by atoms with Gasteiger partial charge in [-0.25, -0.2) is 4.98 Å². The summed E-state index contributed by atoms with van der Waals surface area (Å²) in [7, 11) is 0. The molecule has 19 heavy (non-hydrogen) atoms. The average Bonchev–Trinajstić information content (AvgIpc) is 2.92. The molecule has 3 nitrogen and oxygen atoms in total. The Labute approximate surface area is 118 Å². The van der Waals surface area contributed by atoms with Gasteiger partial charge in [-0.1, -0.05) is 30.3 Å². The van der Waals surface area contributed by atoms with E-state index in [1.807, 2.05) is 17.6 Å². The molecule has 0 saturated heterocycles. The van der Waals surface area contributed by atoms with Crippen LogP contribution in [-0.4, -0.2) is 17.6 Å². The Hall–Kier alpha value is -1.23. The highest BCUT2D eigenvalue weighted by atomic mass is 32.1. The number of hydrogen-bond acceptors (Lipinski definition) is 4. The summed E-state index contributed by atoms with van der Waals surface area (Å²) < 4.78 is 0. The van der Waals surface area contributed by atoms with E-state index in [9.17, 15) is 0 Å². The number of hydrogen-bond donors (Lipinski definition) is 2. The van der Waals surface area contributed by atoms with Crippen LogP contribution in [-0.2, 0) is 12.0 Å². The number of benzene rings is 1. The summed E-state index contributed by atoms with van der Waals surface area (Å²) in [6.45, 7) is 5.06. The van der Waals surface area contributed by atoms with Crippen LogP contribution in [0.1, 0.15) is 24.4 Å². The normalized spacial score (nSPS) is 13.4. The number of nitrogens with one attached hydrogen (secondary N) is 1. The first kappa shape index (κ1) is 14.2. The second kappa shape index (κ2) is 6.28. The molecule has 0 amide bonds. The number of nitrogens with two attached hydrogens (primary N) is 1. The highest BCUT2D eigenvalue weighted by Gasteiger charge is 2.23. The number of aromatic nitrogens is 1. The van der Waals surface area contributed by atoms with E-state index in [1.165, 1.54) is 5.56 Å². The minimum atomic E-state index is -0.123. The second-order valence-electron chi connectivity index (χ2n) is 5.29. The van der Waals surface area contributed by atoms with Gasteiger partial charge in [-0.3, -0.25) is 0 Å². The molecule has 3 N–H and O–H groups in total. The summed E-state index contributed by atoms with van der Waals surface area (Å²) in [5.74, 6) is 0. The highest BCUT2D eigenvalue weighted by Crippen LogP contribution is 2.21. The topological polar surface area (TPSA) is 50.9 Å². The molecule has 0 radical (unpaired) electrons. The molecule has 1 heterocycles. The maximum absolute atomic E-state index is 6.19. The van der Waals surface area contributed by atoms with Crippen LogP contribution in [0.2, 0.25) is 0 Å². The maximum Gasteiger partial charge on any atom is 0.112 e. The summed E-state index contributed by atoms with van der Waals surface area (Å²) in [6, 6.07) is 10.5. The molecular formula is C15H21N3S. The van der Waals surface area contributed by atoms with Gasteiger partial charge >= 0.3 is 0 Å². The van der Waals surface area contributed by atoms with Crippen molar-refractivity contribution < 1.29 is 0 Å². The lowest BCUT2D eigenvalue weighted by molar-refractivity contribution is 0.383. The van der Waals surface area contributed by atoms with Crippen molar-refractivity contribution in [3.8, 4) is 0 Å². The minimum Gasteiger partial charge on any atom is -0.326 e. The molecule has 2 rings (SSSR count). The lowest BCUT2D eigenvalue weighted by atomic mass is 10.0. The highest BCUT2D eigenvalue weighted by molar-refractivity contribution is 7.09. The molecule has 0 fully saturated rings. The monoisotopic (exact) mass is 275 g/mol. The van der Waals surface area contributed by atoms with Crippen molar-refractivity contribution in [2.75, 3.05) is 6.54 Å². The maximum atomic E-state index is 6.19. The van der Waals surface area contributed by atoms with Gasteiger partial charge in [0.1, 0.15) is 5.01 Å². The molecule has 4 heteroatoms. The molecule has 2 aromatic rings. The van der Waals surface area contributed by atoms with E-state index in [4.69, 9.17) is 5.73 Å². The molecule has 0 bridgehead atoms. The van der Waals surface area contributed by atoms with E-state index in [-0.39, 0.29) is 11.6 Å². The molecule has 102 valence electrons. The van der Waals surface area contributed by atoms with Gasteiger partial charge in [0.15, 0.2) is 0 Å². The zero-order valence-electron chi connectivity index (χ0n) is 11.5. The van der Waals surface area contributed by atoms with Crippen molar-refractivity contribution in [1.82, 2.24) is 10.3 Å². The molecule has 1 aromatic heterocycles. The quantitative estimate of drug-likeness (QED) is 0.852. The molecule has 0 saturated carbocycles. The predicted octanol–water partition coefficient (Wildman–Crippen LogP) is 2.54. The van der Waals surface area contributed by atoms with E-state index in [0.717, 1.165) is 18.0 Å². The fraction of sp³-hybridized carbons (Fsp3) is 0.400. The fourth-order valence-corrected chi connectivity index (χ4v) is 2.72. The fourth-order valence-electron chi connectivity index (χ4n) is 1.98. The van der Waals surface area contributed by atoms with Crippen molar-refractivity contribution in [2.45, 2.75) is 31.8 Å². The molecule has 0 aliphatic rings. The summed E-state index contributed by atoms with van der Waals surface area (Å²) in [5, 5.41) is 6.60. The number of nitrogens with zero attached hydrogens (tertiary/aromatic N) is 1. The summed E-state index contributed by atoms with van der Waals surface area (Å²) in [4.78, 5) is 4.37. The molecule has 0 aliphatic carbocycles.